The molecule has 2 heteroatoms. The summed E-state index contributed by atoms with van der Waals surface area (Å²) in [5.41, 5.74) is 4.81. The summed E-state index contributed by atoms with van der Waals surface area (Å²) >= 11 is 0. The summed E-state index contributed by atoms with van der Waals surface area (Å²) in [4.78, 5) is 0. The number of benzene rings is 1. The fraction of sp³-hybridized carbons (Fsp3) is 0.529. The molecular weight excluding hydrogens is 232 g/mol. The van der Waals surface area contributed by atoms with Gasteiger partial charge in [0, 0.05) is 36.7 Å². The first kappa shape index (κ1) is 12.7. The second-order valence-corrected chi connectivity index (χ2v) is 6.10. The highest BCUT2D eigenvalue weighted by Crippen LogP contribution is 2.47. The fourth-order valence-corrected chi connectivity index (χ4v) is 3.16. The van der Waals surface area contributed by atoms with E-state index >= 15 is 0 Å². The zero-order chi connectivity index (χ0) is 13.5. The molecule has 1 N–H and O–H groups in total. The van der Waals surface area contributed by atoms with E-state index in [1.807, 2.05) is 0 Å². The Hall–Kier alpha value is -1.28. The van der Waals surface area contributed by atoms with E-state index < -0.39 is 0 Å². The van der Waals surface area contributed by atoms with Crippen LogP contribution in [-0.4, -0.2) is 11.1 Å². The van der Waals surface area contributed by atoms with Crippen LogP contribution in [0.15, 0.2) is 24.3 Å². The van der Waals surface area contributed by atoms with Crippen molar-refractivity contribution in [2.75, 3.05) is 6.54 Å². The molecule has 0 saturated heterocycles. The van der Waals surface area contributed by atoms with Crippen molar-refractivity contribution >= 4 is 10.9 Å². The third-order valence-electron chi connectivity index (χ3n) is 5.01. The van der Waals surface area contributed by atoms with Gasteiger partial charge < -0.3 is 9.88 Å². The van der Waals surface area contributed by atoms with Crippen molar-refractivity contribution in [2.24, 2.45) is 12.5 Å². The first-order chi connectivity index (χ1) is 9.17. The molecule has 1 saturated carbocycles. The third kappa shape index (κ3) is 2.18. The number of aryl methyl sites for hydroxylation is 2. The number of fused-ring (bicyclic) bond motifs is 1. The summed E-state index contributed by atoms with van der Waals surface area (Å²) in [6, 6.07) is 8.68. The van der Waals surface area contributed by atoms with Crippen LogP contribution in [0.5, 0.6) is 0 Å². The van der Waals surface area contributed by atoms with Gasteiger partial charge in [-0.25, -0.2) is 0 Å². The lowest BCUT2D eigenvalue weighted by Gasteiger charge is -2.14. The van der Waals surface area contributed by atoms with Gasteiger partial charge in [0.1, 0.15) is 0 Å². The Morgan fingerprint density at radius 3 is 2.63 bits per heavy atom. The second-order valence-electron chi connectivity index (χ2n) is 6.10. The number of nitrogens with zero attached hydrogens (tertiary/aromatic N) is 1. The van der Waals surface area contributed by atoms with Crippen LogP contribution in [0.25, 0.3) is 10.9 Å². The van der Waals surface area contributed by atoms with Gasteiger partial charge in [0.2, 0.25) is 0 Å². The van der Waals surface area contributed by atoms with Gasteiger partial charge in [0.05, 0.1) is 0 Å². The smallest absolute Gasteiger partial charge is 0.0483 e. The predicted octanol–water partition coefficient (Wildman–Crippen LogP) is 3.77. The lowest BCUT2D eigenvalue weighted by atomic mass is 10.0. The van der Waals surface area contributed by atoms with Gasteiger partial charge in [-0.2, -0.15) is 0 Å². The maximum atomic E-state index is 3.68. The number of nitrogens with one attached hydrogen (secondary N) is 1. The fourth-order valence-electron chi connectivity index (χ4n) is 3.16. The van der Waals surface area contributed by atoms with E-state index in [4.69, 9.17) is 0 Å². The largest absolute Gasteiger partial charge is 0.346 e. The standard InChI is InChI=1S/C17H24N2/c1-4-17(9-10-17)12-18-11-16-13(2)14-7-5-6-8-15(14)19(16)3/h5-8,18H,4,9-12H2,1-3H3. The average molecular weight is 256 g/mol. The third-order valence-corrected chi connectivity index (χ3v) is 5.01. The van der Waals surface area contributed by atoms with Crippen molar-refractivity contribution < 1.29 is 0 Å². The second kappa shape index (κ2) is 4.68. The zero-order valence-corrected chi connectivity index (χ0v) is 12.3. The molecular formula is C17H24N2. The Balaban J connectivity index is 1.77. The van der Waals surface area contributed by atoms with Gasteiger partial charge in [-0.1, -0.05) is 25.1 Å². The molecule has 1 aliphatic rings. The molecule has 0 atom stereocenters. The molecule has 0 spiro atoms. The van der Waals surface area contributed by atoms with Crippen molar-refractivity contribution in [3.8, 4) is 0 Å². The van der Waals surface area contributed by atoms with Crippen molar-refractivity contribution in [3.63, 3.8) is 0 Å². The molecule has 0 bridgehead atoms. The SMILES string of the molecule is CCC1(CNCc2c(C)c3ccccc3n2C)CC1. The molecule has 102 valence electrons. The van der Waals surface area contributed by atoms with Crippen LogP contribution in [0, 0.1) is 12.3 Å². The van der Waals surface area contributed by atoms with E-state index in [1.165, 1.54) is 48.0 Å². The van der Waals surface area contributed by atoms with Crippen LogP contribution >= 0.6 is 0 Å². The molecule has 1 heterocycles. The molecule has 1 aromatic heterocycles. The van der Waals surface area contributed by atoms with Crippen molar-refractivity contribution in [2.45, 2.75) is 39.7 Å². The van der Waals surface area contributed by atoms with Gasteiger partial charge >= 0.3 is 0 Å². The topological polar surface area (TPSA) is 17.0 Å². The number of rotatable bonds is 5. The van der Waals surface area contributed by atoms with E-state index in [2.05, 4.69) is 55.0 Å². The molecule has 0 unspecified atom stereocenters. The maximum Gasteiger partial charge on any atom is 0.0483 e. The summed E-state index contributed by atoms with van der Waals surface area (Å²) in [5.74, 6) is 0. The van der Waals surface area contributed by atoms with Gasteiger partial charge in [-0.15, -0.1) is 0 Å². The number of para-hydroxylation sites is 1. The van der Waals surface area contributed by atoms with Gasteiger partial charge in [0.25, 0.3) is 0 Å². The lowest BCUT2D eigenvalue weighted by Crippen LogP contribution is -2.24. The van der Waals surface area contributed by atoms with Gasteiger partial charge in [-0.05, 0) is 43.2 Å². The highest BCUT2D eigenvalue weighted by atomic mass is 15.0. The monoisotopic (exact) mass is 256 g/mol. The lowest BCUT2D eigenvalue weighted by molar-refractivity contribution is 0.440. The van der Waals surface area contributed by atoms with Crippen LogP contribution in [0.1, 0.15) is 37.4 Å². The first-order valence-corrected chi connectivity index (χ1v) is 7.40. The molecule has 19 heavy (non-hydrogen) atoms. The van der Waals surface area contributed by atoms with Crippen LogP contribution < -0.4 is 5.32 Å². The molecule has 0 radical (unpaired) electrons. The average Bonchev–Trinajstić information content (AvgIpc) is 3.18. The Labute approximate surface area is 115 Å². The minimum atomic E-state index is 0.624. The summed E-state index contributed by atoms with van der Waals surface area (Å²) in [5, 5.41) is 5.06. The number of hydrogen-bond acceptors (Lipinski definition) is 1. The maximum absolute atomic E-state index is 3.68. The van der Waals surface area contributed by atoms with Crippen molar-refractivity contribution in [1.82, 2.24) is 9.88 Å². The quantitative estimate of drug-likeness (QED) is 0.861. The van der Waals surface area contributed by atoms with E-state index in [1.54, 1.807) is 0 Å². The van der Waals surface area contributed by atoms with E-state index in [-0.39, 0.29) is 0 Å². The highest BCUT2D eigenvalue weighted by molar-refractivity contribution is 5.85. The van der Waals surface area contributed by atoms with Gasteiger partial charge in [0.15, 0.2) is 0 Å². The van der Waals surface area contributed by atoms with Crippen molar-refractivity contribution in [3.05, 3.63) is 35.5 Å². The van der Waals surface area contributed by atoms with Gasteiger partial charge in [-0.3, -0.25) is 0 Å². The molecule has 1 aromatic carbocycles. The molecule has 3 rings (SSSR count). The van der Waals surface area contributed by atoms with Crippen LogP contribution in [0.2, 0.25) is 0 Å². The molecule has 2 nitrogen and oxygen atoms in total. The number of hydrogen-bond donors (Lipinski definition) is 1. The molecule has 1 aliphatic carbocycles. The molecule has 2 aromatic rings. The normalized spacial score (nSPS) is 17.0. The van der Waals surface area contributed by atoms with Crippen LogP contribution in [0.4, 0.5) is 0 Å². The molecule has 0 amide bonds. The summed E-state index contributed by atoms with van der Waals surface area (Å²) in [6.45, 7) is 6.71. The number of aromatic nitrogens is 1. The predicted molar refractivity (Wildman–Crippen MR) is 81.3 cm³/mol. The minimum absolute atomic E-state index is 0.624. The van der Waals surface area contributed by atoms with Crippen molar-refractivity contribution in [1.29, 1.82) is 0 Å². The Bertz CT molecular complexity index is 552. The summed E-state index contributed by atoms with van der Waals surface area (Å²) in [7, 11) is 2.18. The van der Waals surface area contributed by atoms with E-state index in [0.29, 0.717) is 5.41 Å². The molecule has 1 fully saturated rings. The summed E-state index contributed by atoms with van der Waals surface area (Å²) in [6.07, 6.45) is 4.13. The van der Waals surface area contributed by atoms with Crippen LogP contribution in [0.3, 0.4) is 0 Å². The zero-order valence-electron chi connectivity index (χ0n) is 12.3. The van der Waals surface area contributed by atoms with E-state index in [0.717, 1.165) is 6.54 Å². The molecule has 0 aliphatic heterocycles. The highest BCUT2D eigenvalue weighted by Gasteiger charge is 2.39. The Morgan fingerprint density at radius 2 is 2.00 bits per heavy atom. The summed E-state index contributed by atoms with van der Waals surface area (Å²) < 4.78 is 2.34. The van der Waals surface area contributed by atoms with Crippen LogP contribution in [-0.2, 0) is 13.6 Å². The Morgan fingerprint density at radius 1 is 1.26 bits per heavy atom. The Kier molecular flexibility index (Phi) is 3.14. The minimum Gasteiger partial charge on any atom is -0.346 e. The first-order valence-electron chi connectivity index (χ1n) is 7.40. The van der Waals surface area contributed by atoms with E-state index in [9.17, 15) is 0 Å².